The Morgan fingerprint density at radius 2 is 1.58 bits per heavy atom. The van der Waals surface area contributed by atoms with Crippen molar-refractivity contribution in [1.29, 1.82) is 0 Å². The summed E-state index contributed by atoms with van der Waals surface area (Å²) in [6, 6.07) is 26.1. The van der Waals surface area contributed by atoms with E-state index in [1.807, 2.05) is 47.4 Å². The monoisotopic (exact) mass is 625 g/mol. The molecule has 1 fully saturated rings. The van der Waals surface area contributed by atoms with E-state index in [-0.39, 0.29) is 21.9 Å². The summed E-state index contributed by atoms with van der Waals surface area (Å²) in [6.07, 6.45) is -3.87. The molecule has 1 aliphatic rings. The van der Waals surface area contributed by atoms with Crippen LogP contribution in [0.15, 0.2) is 108 Å². The second kappa shape index (κ2) is 12.5. The smallest absolute Gasteiger partial charge is 0.326 e. The predicted octanol–water partition coefficient (Wildman–Crippen LogP) is 6.58. The molecule has 1 atom stereocenters. The van der Waals surface area contributed by atoms with Gasteiger partial charge < -0.3 is 10.2 Å². The van der Waals surface area contributed by atoms with Crippen LogP contribution in [0.4, 0.5) is 24.5 Å². The number of alkyl halides is 3. The van der Waals surface area contributed by atoms with Crippen molar-refractivity contribution in [1.82, 2.24) is 4.90 Å². The molecule has 1 aliphatic heterocycles. The Hall–Kier alpha value is -4.29. The molecule has 7 nitrogen and oxygen atoms in total. The molecule has 0 unspecified atom stereocenters. The number of amides is 2. The Labute approximate surface area is 251 Å². The quantitative estimate of drug-likeness (QED) is 0.219. The normalized spacial score (nSPS) is 15.4. The number of benzene rings is 4. The van der Waals surface area contributed by atoms with E-state index in [2.05, 4.69) is 10.0 Å². The van der Waals surface area contributed by atoms with Crippen molar-refractivity contribution in [2.75, 3.05) is 22.3 Å². The molecule has 2 N–H and O–H groups in total. The van der Waals surface area contributed by atoms with Gasteiger partial charge in [-0.3, -0.25) is 14.3 Å². The number of carbonyl (C=O) groups excluding carboxylic acids is 2. The predicted molar refractivity (Wildman–Crippen MR) is 160 cm³/mol. The Morgan fingerprint density at radius 1 is 0.884 bits per heavy atom. The summed E-state index contributed by atoms with van der Waals surface area (Å²) >= 11 is 1.54. The van der Waals surface area contributed by atoms with Gasteiger partial charge in [-0.1, -0.05) is 48.5 Å². The first-order valence-electron chi connectivity index (χ1n) is 13.2. The number of rotatable bonds is 9. The first-order valence-corrected chi connectivity index (χ1v) is 15.7. The number of nitrogens with zero attached hydrogens (tertiary/aromatic N) is 1. The first kappa shape index (κ1) is 30.2. The number of halogens is 3. The average Bonchev–Trinajstić information content (AvgIpc) is 3.36. The second-order valence-electron chi connectivity index (χ2n) is 9.77. The Morgan fingerprint density at radius 3 is 2.26 bits per heavy atom. The molecule has 0 aromatic heterocycles. The van der Waals surface area contributed by atoms with E-state index in [9.17, 15) is 31.2 Å². The van der Waals surface area contributed by atoms with Crippen LogP contribution in [0, 0.1) is 0 Å². The summed E-state index contributed by atoms with van der Waals surface area (Å²) in [6.45, 7) is 0.587. The van der Waals surface area contributed by atoms with E-state index in [1.165, 1.54) is 30.3 Å². The molecule has 222 valence electrons. The van der Waals surface area contributed by atoms with Crippen LogP contribution in [0.3, 0.4) is 0 Å². The lowest BCUT2D eigenvalue weighted by Crippen LogP contribution is -2.30. The fourth-order valence-electron chi connectivity index (χ4n) is 4.56. The minimum atomic E-state index is -4.61. The molecular formula is C31H26F3N3O4S2. The highest BCUT2D eigenvalue weighted by Gasteiger charge is 2.33. The van der Waals surface area contributed by atoms with Crippen LogP contribution in [0.5, 0.6) is 0 Å². The van der Waals surface area contributed by atoms with E-state index >= 15 is 0 Å². The number of hydrogen-bond donors (Lipinski definition) is 2. The molecule has 0 spiro atoms. The van der Waals surface area contributed by atoms with Crippen molar-refractivity contribution in [3.8, 4) is 0 Å². The molecular weight excluding hydrogens is 599 g/mol. The number of anilines is 2. The maximum Gasteiger partial charge on any atom is 0.416 e. The molecule has 12 heteroatoms. The molecule has 2 amide bonds. The highest BCUT2D eigenvalue weighted by atomic mass is 32.2. The maximum atomic E-state index is 13.0. The zero-order chi connectivity index (χ0) is 30.6. The summed E-state index contributed by atoms with van der Waals surface area (Å²) in [5.74, 6) is 0.0478. The molecule has 4 aromatic rings. The summed E-state index contributed by atoms with van der Waals surface area (Å²) in [4.78, 5) is 27.1. The third kappa shape index (κ3) is 7.38. The standard InChI is InChI=1S/C31H26F3N3O4S2/c32-31(33,34)24-7-4-8-26(19-24)36-43(40,41)27-15-13-25(14-16-27)35-29(39)22-9-11-23(12-10-22)30-37(28(38)20-42-30)18-17-21-5-2-1-3-6-21/h1-16,19,30,36H,17-18,20H2,(H,35,39)/t30-/m0/s1. The molecule has 43 heavy (non-hydrogen) atoms. The highest BCUT2D eigenvalue weighted by Crippen LogP contribution is 2.38. The van der Waals surface area contributed by atoms with E-state index < -0.39 is 27.7 Å². The van der Waals surface area contributed by atoms with Crippen molar-refractivity contribution in [3.05, 3.63) is 125 Å². The van der Waals surface area contributed by atoms with Crippen LogP contribution >= 0.6 is 11.8 Å². The minimum absolute atomic E-state index is 0.0724. The maximum absolute atomic E-state index is 13.0. The Kier molecular flexibility index (Phi) is 8.79. The van der Waals surface area contributed by atoms with Gasteiger partial charge in [0, 0.05) is 23.5 Å². The van der Waals surface area contributed by atoms with Crippen LogP contribution in [0.1, 0.15) is 32.4 Å². The highest BCUT2D eigenvalue weighted by molar-refractivity contribution is 8.00. The van der Waals surface area contributed by atoms with Gasteiger partial charge in [-0.25, -0.2) is 8.42 Å². The molecule has 1 heterocycles. The molecule has 4 aromatic carbocycles. The minimum Gasteiger partial charge on any atom is -0.326 e. The number of nitrogens with one attached hydrogen (secondary N) is 2. The fourth-order valence-corrected chi connectivity index (χ4v) is 6.83. The molecule has 0 saturated carbocycles. The van der Waals surface area contributed by atoms with Gasteiger partial charge in [-0.05, 0) is 72.1 Å². The van der Waals surface area contributed by atoms with Crippen molar-refractivity contribution >= 4 is 45.0 Å². The van der Waals surface area contributed by atoms with Crippen molar-refractivity contribution < 1.29 is 31.2 Å². The second-order valence-corrected chi connectivity index (χ2v) is 12.5. The molecule has 0 radical (unpaired) electrons. The van der Waals surface area contributed by atoms with Gasteiger partial charge in [-0.15, -0.1) is 11.8 Å². The van der Waals surface area contributed by atoms with Crippen molar-refractivity contribution in [2.24, 2.45) is 0 Å². The van der Waals surface area contributed by atoms with Crippen LogP contribution in [0.25, 0.3) is 0 Å². The molecule has 0 aliphatic carbocycles. The van der Waals surface area contributed by atoms with E-state index in [0.717, 1.165) is 29.7 Å². The number of thioether (sulfide) groups is 1. The fraction of sp³-hybridized carbons (Fsp3) is 0.161. The van der Waals surface area contributed by atoms with E-state index in [0.29, 0.717) is 29.6 Å². The number of carbonyl (C=O) groups is 2. The zero-order valence-electron chi connectivity index (χ0n) is 22.5. The summed E-state index contributed by atoms with van der Waals surface area (Å²) in [7, 11) is -4.17. The largest absolute Gasteiger partial charge is 0.416 e. The van der Waals surface area contributed by atoms with Gasteiger partial charge in [0.15, 0.2) is 0 Å². The lowest BCUT2D eigenvalue weighted by Gasteiger charge is -2.24. The topological polar surface area (TPSA) is 95.6 Å². The summed E-state index contributed by atoms with van der Waals surface area (Å²) in [5, 5.41) is 2.56. The van der Waals surface area contributed by atoms with E-state index in [4.69, 9.17) is 0 Å². The molecule has 5 rings (SSSR count). The molecule has 0 bridgehead atoms. The third-order valence-electron chi connectivity index (χ3n) is 6.77. The molecule has 1 saturated heterocycles. The third-order valence-corrected chi connectivity index (χ3v) is 9.43. The number of sulfonamides is 1. The SMILES string of the molecule is O=C(Nc1ccc(S(=O)(=O)Nc2cccc(C(F)(F)F)c2)cc1)c1ccc([C@@H]2SCC(=O)N2CCc2ccccc2)cc1. The first-order chi connectivity index (χ1) is 20.5. The van der Waals surface area contributed by atoms with Crippen molar-refractivity contribution in [2.45, 2.75) is 22.9 Å². The van der Waals surface area contributed by atoms with Crippen LogP contribution in [0.2, 0.25) is 0 Å². The summed E-state index contributed by atoms with van der Waals surface area (Å²) < 4.78 is 66.5. The van der Waals surface area contributed by atoms with Gasteiger partial charge in [0.05, 0.1) is 16.2 Å². The van der Waals surface area contributed by atoms with E-state index in [1.54, 1.807) is 23.9 Å². The van der Waals surface area contributed by atoms with Crippen molar-refractivity contribution in [3.63, 3.8) is 0 Å². The Balaban J connectivity index is 1.20. The average molecular weight is 626 g/mol. The van der Waals surface area contributed by atoms with Crippen LogP contribution in [-0.2, 0) is 27.4 Å². The van der Waals surface area contributed by atoms with Gasteiger partial charge in [0.1, 0.15) is 5.37 Å². The van der Waals surface area contributed by atoms with Gasteiger partial charge >= 0.3 is 6.18 Å². The van der Waals surface area contributed by atoms with Gasteiger partial charge in [0.2, 0.25) is 5.91 Å². The summed E-state index contributed by atoms with van der Waals surface area (Å²) in [5.41, 5.74) is 1.55. The lowest BCUT2D eigenvalue weighted by molar-refractivity contribution is -0.137. The van der Waals surface area contributed by atoms with Gasteiger partial charge in [-0.2, -0.15) is 13.2 Å². The van der Waals surface area contributed by atoms with Crippen LogP contribution < -0.4 is 10.0 Å². The number of hydrogen-bond acceptors (Lipinski definition) is 5. The van der Waals surface area contributed by atoms with Gasteiger partial charge in [0.25, 0.3) is 15.9 Å². The zero-order valence-corrected chi connectivity index (χ0v) is 24.2. The lowest BCUT2D eigenvalue weighted by atomic mass is 10.1. The Bertz CT molecular complexity index is 1710. The van der Waals surface area contributed by atoms with Crippen LogP contribution in [-0.4, -0.2) is 37.4 Å².